The Morgan fingerprint density at radius 2 is 1.48 bits per heavy atom. The van der Waals surface area contributed by atoms with Gasteiger partial charge in [-0.05, 0) is 40.6 Å². The molecule has 5 heteroatoms. The molecule has 0 atom stereocenters. The number of nitrogens with zero attached hydrogens (tertiary/aromatic N) is 2. The van der Waals surface area contributed by atoms with Gasteiger partial charge in [-0.25, -0.2) is 0 Å². The molecule has 0 aliphatic carbocycles. The SMILES string of the molecule is CC(C)c1ccc2c(oc3c(-c4cc(CC(C)(C)C)ccn4)[c-]ccc32)c1-c1ccccc1.[CH3][Ge]([CH3])([CH3])[c]1ccc(-c2[c-]cccc2)nc1.[Ir]. The van der Waals surface area contributed by atoms with Gasteiger partial charge in [-0.3, -0.25) is 0 Å². The zero-order valence-corrected chi connectivity index (χ0v) is 34.9. The summed E-state index contributed by atoms with van der Waals surface area (Å²) >= 11 is -1.72. The molecule has 0 amide bonds. The monoisotopic (exact) mass is 897 g/mol. The zero-order chi connectivity index (χ0) is 34.8. The maximum Gasteiger partial charge on any atom is 0 e. The first kappa shape index (κ1) is 37.4. The fourth-order valence-corrected chi connectivity index (χ4v) is 8.45. The van der Waals surface area contributed by atoms with E-state index in [4.69, 9.17) is 9.40 Å². The van der Waals surface area contributed by atoms with Gasteiger partial charge in [0.05, 0.1) is 5.58 Å². The molecular weight excluding hydrogens is 849 g/mol. The molecule has 257 valence electrons. The molecule has 0 N–H and O–H groups in total. The van der Waals surface area contributed by atoms with Crippen LogP contribution in [0.1, 0.15) is 51.7 Å². The average Bonchev–Trinajstić information content (AvgIpc) is 3.47. The van der Waals surface area contributed by atoms with Crippen LogP contribution in [0.5, 0.6) is 0 Å². The summed E-state index contributed by atoms with van der Waals surface area (Å²) in [7, 11) is 0. The van der Waals surface area contributed by atoms with E-state index in [1.807, 2.05) is 42.7 Å². The summed E-state index contributed by atoms with van der Waals surface area (Å²) < 4.78 is 8.13. The minimum absolute atomic E-state index is 0. The van der Waals surface area contributed by atoms with Crippen molar-refractivity contribution in [3.63, 3.8) is 0 Å². The molecule has 3 aromatic heterocycles. The third-order valence-electron chi connectivity index (χ3n) is 8.75. The van der Waals surface area contributed by atoms with Gasteiger partial charge in [-0.2, -0.15) is 0 Å². The van der Waals surface area contributed by atoms with Crippen molar-refractivity contribution < 1.29 is 24.5 Å². The average molecular weight is 896 g/mol. The third-order valence-corrected chi connectivity index (χ3v) is 13.0. The Morgan fingerprint density at radius 3 is 2.12 bits per heavy atom. The van der Waals surface area contributed by atoms with Crippen molar-refractivity contribution in [2.75, 3.05) is 0 Å². The molecule has 0 bridgehead atoms. The summed E-state index contributed by atoms with van der Waals surface area (Å²) in [5, 5.41) is 2.24. The second kappa shape index (κ2) is 15.6. The van der Waals surface area contributed by atoms with Crippen molar-refractivity contribution in [3.05, 3.63) is 139 Å². The first-order valence-electron chi connectivity index (χ1n) is 17.2. The topological polar surface area (TPSA) is 38.9 Å². The molecule has 0 aliphatic heterocycles. The van der Waals surface area contributed by atoms with Gasteiger partial charge in [0, 0.05) is 37.3 Å². The second-order valence-corrected chi connectivity index (χ2v) is 26.0. The van der Waals surface area contributed by atoms with E-state index in [9.17, 15) is 0 Å². The molecule has 0 saturated carbocycles. The molecule has 3 heterocycles. The standard InChI is InChI=1S/C31H30NO.C14H16GeN.Ir/c1-20(2)23-14-15-25-24-12-9-13-26(27-18-21(16-17-32-27)19-31(3,4)5)29(24)33-30(25)28(23)22-10-7-6-8-11-22;1-15(2,3)13-9-10-14(16-11-13)12-7-5-4-6-8-12;/h6-12,14-18,20H,19H2,1-5H3;4-7,9-11H,1-3H3;/q2*-1;. The Kier molecular flexibility index (Phi) is 11.7. The quantitative estimate of drug-likeness (QED) is 0.123. The summed E-state index contributed by atoms with van der Waals surface area (Å²) in [6, 6.07) is 42.3. The summed E-state index contributed by atoms with van der Waals surface area (Å²) in [5.74, 6) is 7.53. The predicted octanol–water partition coefficient (Wildman–Crippen LogP) is 11.9. The first-order valence-corrected chi connectivity index (χ1v) is 24.6. The summed E-state index contributed by atoms with van der Waals surface area (Å²) in [6.07, 6.45) is 4.93. The fraction of sp³-hybridized carbons (Fsp3) is 0.244. The van der Waals surface area contributed by atoms with Crippen LogP contribution in [0, 0.1) is 17.5 Å². The number of pyridine rings is 2. The van der Waals surface area contributed by atoms with Crippen LogP contribution in [-0.4, -0.2) is 23.2 Å². The summed E-state index contributed by atoms with van der Waals surface area (Å²) in [5.41, 5.74) is 10.8. The maximum atomic E-state index is 6.68. The number of hydrogen-bond acceptors (Lipinski definition) is 3. The molecule has 0 saturated heterocycles. The van der Waals surface area contributed by atoms with Crippen molar-refractivity contribution in [1.29, 1.82) is 0 Å². The molecule has 7 rings (SSSR count). The number of aromatic nitrogens is 2. The van der Waals surface area contributed by atoms with E-state index in [-0.39, 0.29) is 25.5 Å². The molecular formula is C45H46GeIrN2O-2. The van der Waals surface area contributed by atoms with E-state index in [0.29, 0.717) is 5.92 Å². The molecule has 0 spiro atoms. The van der Waals surface area contributed by atoms with Crippen LogP contribution >= 0.6 is 0 Å². The number of hydrogen-bond donors (Lipinski definition) is 0. The van der Waals surface area contributed by atoms with Gasteiger partial charge in [0.15, 0.2) is 0 Å². The molecule has 0 unspecified atom stereocenters. The minimum atomic E-state index is -1.72. The van der Waals surface area contributed by atoms with Crippen LogP contribution in [0.2, 0.25) is 17.3 Å². The van der Waals surface area contributed by atoms with Crippen molar-refractivity contribution in [2.24, 2.45) is 5.41 Å². The van der Waals surface area contributed by atoms with E-state index < -0.39 is 13.3 Å². The Bertz CT molecular complexity index is 2180. The van der Waals surface area contributed by atoms with E-state index >= 15 is 0 Å². The van der Waals surface area contributed by atoms with Gasteiger partial charge < -0.3 is 9.40 Å². The first-order chi connectivity index (χ1) is 23.4. The van der Waals surface area contributed by atoms with Crippen molar-refractivity contribution in [2.45, 2.75) is 64.2 Å². The van der Waals surface area contributed by atoms with Crippen LogP contribution in [0.25, 0.3) is 55.6 Å². The number of furan rings is 1. The van der Waals surface area contributed by atoms with Gasteiger partial charge in [-0.1, -0.05) is 99.7 Å². The Hall–Kier alpha value is -3.83. The summed E-state index contributed by atoms with van der Waals surface area (Å²) in [6.45, 7) is 11.3. The molecule has 7 aromatic rings. The molecule has 4 aromatic carbocycles. The van der Waals surface area contributed by atoms with Gasteiger partial charge >= 0.3 is 99.8 Å². The van der Waals surface area contributed by atoms with Crippen LogP contribution in [-0.2, 0) is 26.5 Å². The molecule has 0 aliphatic rings. The Balaban J connectivity index is 0.000000241. The molecule has 50 heavy (non-hydrogen) atoms. The largest absolute Gasteiger partial charge is 0 e. The minimum Gasteiger partial charge on any atom is 0 e. The van der Waals surface area contributed by atoms with Crippen molar-refractivity contribution in [3.8, 4) is 33.6 Å². The fourth-order valence-electron chi connectivity index (χ4n) is 6.28. The predicted molar refractivity (Wildman–Crippen MR) is 210 cm³/mol. The maximum absolute atomic E-state index is 6.68. The van der Waals surface area contributed by atoms with Gasteiger partial charge in [-0.15, -0.1) is 18.2 Å². The second-order valence-electron chi connectivity index (χ2n) is 15.4. The Morgan fingerprint density at radius 1 is 0.740 bits per heavy atom. The van der Waals surface area contributed by atoms with Crippen LogP contribution in [0.4, 0.5) is 0 Å². The van der Waals surface area contributed by atoms with Gasteiger partial charge in [0.2, 0.25) is 0 Å². The van der Waals surface area contributed by atoms with Crippen molar-refractivity contribution in [1.82, 2.24) is 9.97 Å². The van der Waals surface area contributed by atoms with Crippen LogP contribution in [0.15, 0.2) is 120 Å². The molecule has 3 nitrogen and oxygen atoms in total. The van der Waals surface area contributed by atoms with Crippen LogP contribution in [0.3, 0.4) is 0 Å². The summed E-state index contributed by atoms with van der Waals surface area (Å²) in [4.78, 5) is 9.23. The smallest absolute Gasteiger partial charge is 0 e. The normalized spacial score (nSPS) is 11.7. The third kappa shape index (κ3) is 8.54. The number of benzene rings is 4. The van der Waals surface area contributed by atoms with Gasteiger partial charge in [0.1, 0.15) is 5.58 Å². The van der Waals surface area contributed by atoms with E-state index in [0.717, 1.165) is 50.9 Å². The molecule has 0 fully saturated rings. The van der Waals surface area contributed by atoms with Crippen LogP contribution < -0.4 is 4.40 Å². The van der Waals surface area contributed by atoms with E-state index in [1.165, 1.54) is 26.6 Å². The number of rotatable bonds is 6. The molecule has 1 radical (unpaired) electrons. The van der Waals surface area contributed by atoms with E-state index in [1.54, 1.807) is 0 Å². The number of fused-ring (bicyclic) bond motifs is 3. The Labute approximate surface area is 314 Å². The van der Waals surface area contributed by atoms with E-state index in [2.05, 4.69) is 142 Å². The van der Waals surface area contributed by atoms with Crippen molar-refractivity contribution >= 4 is 39.6 Å². The van der Waals surface area contributed by atoms with Gasteiger partial charge in [0.25, 0.3) is 0 Å². The zero-order valence-electron chi connectivity index (χ0n) is 30.4.